The number of piperidine rings is 3. The van der Waals surface area contributed by atoms with E-state index in [4.69, 9.17) is 14.6 Å². The monoisotopic (exact) mass is 444 g/mol. The van der Waals surface area contributed by atoms with Gasteiger partial charge in [-0.15, -0.1) is 0 Å². The molecule has 0 aromatic heterocycles. The van der Waals surface area contributed by atoms with Crippen molar-refractivity contribution in [3.63, 3.8) is 0 Å². The first-order chi connectivity index (χ1) is 15.6. The molecule has 0 aliphatic carbocycles. The number of hydrogen-bond donors (Lipinski definition) is 1. The molecule has 176 valence electrons. The molecule has 3 fully saturated rings. The SMILES string of the molecule is CCC[C@H]1[C@H]2C[C@H](CN(C(=O)CCCOc3ccccc3)C2)[C@@H]2CCCC(=O)N21.O=CO. The molecule has 3 saturated heterocycles. The van der Waals surface area contributed by atoms with Gasteiger partial charge >= 0.3 is 0 Å². The summed E-state index contributed by atoms with van der Waals surface area (Å²) < 4.78 is 5.73. The van der Waals surface area contributed by atoms with E-state index in [0.29, 0.717) is 49.3 Å². The van der Waals surface area contributed by atoms with Crippen LogP contribution < -0.4 is 4.74 Å². The van der Waals surface area contributed by atoms with Crippen LogP contribution in [0.5, 0.6) is 5.75 Å². The summed E-state index contributed by atoms with van der Waals surface area (Å²) >= 11 is 0. The van der Waals surface area contributed by atoms with Crippen LogP contribution in [0.15, 0.2) is 30.3 Å². The van der Waals surface area contributed by atoms with Gasteiger partial charge < -0.3 is 19.6 Å². The van der Waals surface area contributed by atoms with Crippen LogP contribution in [-0.2, 0) is 14.4 Å². The molecule has 1 N–H and O–H groups in total. The van der Waals surface area contributed by atoms with E-state index in [1.54, 1.807) is 0 Å². The molecule has 4 rings (SSSR count). The van der Waals surface area contributed by atoms with Crippen molar-refractivity contribution in [1.29, 1.82) is 0 Å². The molecule has 32 heavy (non-hydrogen) atoms. The normalized spacial score (nSPS) is 26.5. The average molecular weight is 445 g/mol. The van der Waals surface area contributed by atoms with E-state index in [9.17, 15) is 9.59 Å². The molecule has 3 aliphatic rings. The van der Waals surface area contributed by atoms with Gasteiger partial charge in [-0.25, -0.2) is 0 Å². The summed E-state index contributed by atoms with van der Waals surface area (Å²) in [7, 11) is 0. The lowest BCUT2D eigenvalue weighted by atomic mass is 9.71. The van der Waals surface area contributed by atoms with Crippen molar-refractivity contribution in [3.8, 4) is 5.75 Å². The van der Waals surface area contributed by atoms with Gasteiger partial charge in [-0.2, -0.15) is 0 Å². The third-order valence-electron chi connectivity index (χ3n) is 6.98. The first-order valence-corrected chi connectivity index (χ1v) is 11.9. The number of carboxylic acid groups (broad SMARTS) is 1. The van der Waals surface area contributed by atoms with Crippen LogP contribution in [0, 0.1) is 11.8 Å². The van der Waals surface area contributed by atoms with E-state index in [0.717, 1.165) is 50.9 Å². The van der Waals surface area contributed by atoms with Gasteiger partial charge in [0.1, 0.15) is 5.75 Å². The van der Waals surface area contributed by atoms with Gasteiger partial charge in [0.05, 0.1) is 6.61 Å². The third kappa shape index (κ3) is 5.81. The number of rotatable bonds is 7. The fraction of sp³-hybridized carbons (Fsp3) is 0.640. The van der Waals surface area contributed by atoms with Gasteiger partial charge in [-0.1, -0.05) is 31.5 Å². The number of benzene rings is 1. The van der Waals surface area contributed by atoms with Crippen molar-refractivity contribution >= 4 is 18.3 Å². The van der Waals surface area contributed by atoms with E-state index in [2.05, 4.69) is 16.7 Å². The molecule has 1 aromatic rings. The second-order valence-corrected chi connectivity index (χ2v) is 9.04. The Morgan fingerprint density at radius 1 is 1.22 bits per heavy atom. The van der Waals surface area contributed by atoms with Crippen LogP contribution in [0.4, 0.5) is 0 Å². The Morgan fingerprint density at radius 3 is 2.66 bits per heavy atom. The Morgan fingerprint density at radius 2 is 1.94 bits per heavy atom. The number of nitrogens with zero attached hydrogens (tertiary/aromatic N) is 2. The zero-order valence-corrected chi connectivity index (χ0v) is 19.0. The molecule has 2 amide bonds. The minimum atomic E-state index is -0.250. The molecule has 0 radical (unpaired) electrons. The molecule has 3 aliphatic heterocycles. The quantitative estimate of drug-likeness (QED) is 0.513. The molecule has 3 heterocycles. The molecule has 4 atom stereocenters. The maximum absolute atomic E-state index is 12.9. The van der Waals surface area contributed by atoms with Crippen LogP contribution in [-0.4, -0.2) is 65.0 Å². The number of amides is 2. The molecule has 1 aromatic carbocycles. The number of para-hydroxylation sites is 1. The Balaban J connectivity index is 0.000000913. The van der Waals surface area contributed by atoms with Gasteiger partial charge in [0, 0.05) is 38.0 Å². The minimum Gasteiger partial charge on any atom is -0.494 e. The van der Waals surface area contributed by atoms with E-state index in [1.807, 2.05) is 30.3 Å². The fourth-order valence-electron chi connectivity index (χ4n) is 5.73. The Labute approximate surface area is 190 Å². The summed E-state index contributed by atoms with van der Waals surface area (Å²) in [5, 5.41) is 6.89. The molecule has 0 saturated carbocycles. The lowest BCUT2D eigenvalue weighted by Gasteiger charge is -2.56. The number of hydrogen-bond acceptors (Lipinski definition) is 4. The smallest absolute Gasteiger partial charge is 0.290 e. The molecular formula is C25H36N2O5. The van der Waals surface area contributed by atoms with Crippen molar-refractivity contribution in [1.82, 2.24) is 9.80 Å². The number of carbonyl (C=O) groups is 3. The highest BCUT2D eigenvalue weighted by Gasteiger charge is 2.49. The van der Waals surface area contributed by atoms with Gasteiger partial charge in [0.2, 0.25) is 11.8 Å². The first kappa shape index (κ1) is 24.1. The fourth-order valence-corrected chi connectivity index (χ4v) is 5.73. The van der Waals surface area contributed by atoms with Crippen LogP contribution in [0.2, 0.25) is 0 Å². The highest BCUT2D eigenvalue weighted by atomic mass is 16.5. The van der Waals surface area contributed by atoms with Crippen LogP contribution in [0.1, 0.15) is 58.3 Å². The van der Waals surface area contributed by atoms with Crippen molar-refractivity contribution in [3.05, 3.63) is 30.3 Å². The summed E-state index contributed by atoms with van der Waals surface area (Å²) in [5.41, 5.74) is 0. The van der Waals surface area contributed by atoms with Gasteiger partial charge in [0.15, 0.2) is 0 Å². The van der Waals surface area contributed by atoms with Crippen LogP contribution in [0.3, 0.4) is 0 Å². The summed E-state index contributed by atoms with van der Waals surface area (Å²) in [4.78, 5) is 38.3. The maximum atomic E-state index is 12.9. The largest absolute Gasteiger partial charge is 0.494 e. The van der Waals surface area contributed by atoms with Gasteiger partial charge in [-0.3, -0.25) is 14.4 Å². The minimum absolute atomic E-state index is 0.250. The van der Waals surface area contributed by atoms with Crippen molar-refractivity contribution in [2.75, 3.05) is 19.7 Å². The molecule has 7 nitrogen and oxygen atoms in total. The lowest BCUT2D eigenvalue weighted by molar-refractivity contribution is -0.156. The third-order valence-corrected chi connectivity index (χ3v) is 6.98. The number of ether oxygens (including phenoxy) is 1. The Hall–Kier alpha value is -2.57. The Bertz CT molecular complexity index is 756. The number of carbonyl (C=O) groups excluding carboxylic acids is 2. The molecular weight excluding hydrogens is 408 g/mol. The number of fused-ring (bicyclic) bond motifs is 4. The molecule has 2 bridgehead atoms. The summed E-state index contributed by atoms with van der Waals surface area (Å²) in [6.07, 6.45) is 7.44. The van der Waals surface area contributed by atoms with E-state index in [1.165, 1.54) is 6.42 Å². The summed E-state index contributed by atoms with van der Waals surface area (Å²) in [5.74, 6) is 2.36. The number of likely N-dealkylation sites (tertiary alicyclic amines) is 1. The topological polar surface area (TPSA) is 87.2 Å². The van der Waals surface area contributed by atoms with E-state index >= 15 is 0 Å². The summed E-state index contributed by atoms with van der Waals surface area (Å²) in [6.45, 7) is 4.16. The van der Waals surface area contributed by atoms with Crippen molar-refractivity contribution in [2.24, 2.45) is 11.8 Å². The highest BCUT2D eigenvalue weighted by Crippen LogP contribution is 2.43. The molecule has 0 spiro atoms. The Kier molecular flexibility index (Phi) is 8.94. The zero-order chi connectivity index (χ0) is 22.9. The van der Waals surface area contributed by atoms with Crippen molar-refractivity contribution in [2.45, 2.75) is 70.4 Å². The van der Waals surface area contributed by atoms with Crippen LogP contribution >= 0.6 is 0 Å². The van der Waals surface area contributed by atoms with E-state index in [-0.39, 0.29) is 12.4 Å². The standard InChI is InChI=1S/C24H34N2O3.CH2O2/c1-2-8-21-18-15-19(22-11-6-12-24(28)26(21)22)17-25(16-18)23(27)13-7-14-29-20-9-4-3-5-10-20;2-1-3/h3-5,9-10,18-19,21-22H,2,6-8,11-17H2,1H3;1H,(H,2,3)/t18-,19+,21-,22-;/m0./s1. The predicted octanol–water partition coefficient (Wildman–Crippen LogP) is 3.57. The van der Waals surface area contributed by atoms with Gasteiger partial charge in [-0.05, 0) is 56.1 Å². The van der Waals surface area contributed by atoms with E-state index < -0.39 is 0 Å². The van der Waals surface area contributed by atoms with Crippen LogP contribution in [0.25, 0.3) is 0 Å². The highest BCUT2D eigenvalue weighted by molar-refractivity contribution is 5.78. The second-order valence-electron chi connectivity index (χ2n) is 9.04. The average Bonchev–Trinajstić information content (AvgIpc) is 2.80. The van der Waals surface area contributed by atoms with Gasteiger partial charge in [0.25, 0.3) is 6.47 Å². The molecule has 0 unspecified atom stereocenters. The second kappa shape index (κ2) is 11.9. The molecule has 7 heteroatoms. The maximum Gasteiger partial charge on any atom is 0.290 e. The lowest BCUT2D eigenvalue weighted by Crippen LogP contribution is -2.65. The zero-order valence-electron chi connectivity index (χ0n) is 19.0. The predicted molar refractivity (Wildman–Crippen MR) is 121 cm³/mol. The first-order valence-electron chi connectivity index (χ1n) is 11.9. The summed E-state index contributed by atoms with van der Waals surface area (Å²) in [6, 6.07) is 10.4. The van der Waals surface area contributed by atoms with Crippen molar-refractivity contribution < 1.29 is 24.2 Å².